The van der Waals surface area contributed by atoms with E-state index in [2.05, 4.69) is 0 Å². The predicted molar refractivity (Wildman–Crippen MR) is 69.3 cm³/mol. The lowest BCUT2D eigenvalue weighted by atomic mass is 10.1. The van der Waals surface area contributed by atoms with E-state index >= 15 is 0 Å². The summed E-state index contributed by atoms with van der Waals surface area (Å²) in [7, 11) is 1.61. The summed E-state index contributed by atoms with van der Waals surface area (Å²) < 4.78 is 10.4. The zero-order valence-corrected chi connectivity index (χ0v) is 11.7. The minimum absolute atomic E-state index is 0.369. The molecule has 5 heteroatoms. The molecule has 96 valence electrons. The molecule has 1 heterocycles. The first-order valence-electron chi connectivity index (χ1n) is 5.36. The Hall–Kier alpha value is -1.07. The maximum atomic E-state index is 12.0. The topological polar surface area (TPSA) is 61.5 Å². The van der Waals surface area contributed by atoms with Crippen LogP contribution in [0.3, 0.4) is 0 Å². The molecule has 0 saturated heterocycles. The molecule has 17 heavy (non-hydrogen) atoms. The maximum Gasteiger partial charge on any atom is 0.341 e. The molecule has 2 N–H and O–H groups in total. The highest BCUT2D eigenvalue weighted by atomic mass is 32.1. The number of anilines is 1. The quantitative estimate of drug-likeness (QED) is 0.846. The smallest absolute Gasteiger partial charge is 0.341 e. The van der Waals surface area contributed by atoms with E-state index in [-0.39, 0.29) is 5.97 Å². The zero-order valence-electron chi connectivity index (χ0n) is 10.9. The standard InChI is InChI=1S/C12H19NO3S/c1-7-8(6-15-5)17-10(13)9(7)11(14)16-12(2,3)4/h6,13H2,1-5H3. The number of hydrogen-bond acceptors (Lipinski definition) is 5. The van der Waals surface area contributed by atoms with Crippen LogP contribution >= 0.6 is 11.3 Å². The first kappa shape index (κ1) is 14.0. The molecule has 0 amide bonds. The number of ether oxygens (including phenoxy) is 2. The van der Waals surface area contributed by atoms with Crippen LogP contribution in [0, 0.1) is 6.92 Å². The monoisotopic (exact) mass is 257 g/mol. The van der Waals surface area contributed by atoms with Crippen molar-refractivity contribution in [1.29, 1.82) is 0 Å². The van der Waals surface area contributed by atoms with E-state index < -0.39 is 5.60 Å². The molecule has 1 rings (SSSR count). The highest BCUT2D eigenvalue weighted by Gasteiger charge is 2.24. The van der Waals surface area contributed by atoms with Gasteiger partial charge in [0.25, 0.3) is 0 Å². The van der Waals surface area contributed by atoms with Crippen molar-refractivity contribution < 1.29 is 14.3 Å². The second-order valence-electron chi connectivity index (χ2n) is 4.82. The fourth-order valence-corrected chi connectivity index (χ4v) is 2.47. The molecule has 0 spiro atoms. The van der Waals surface area contributed by atoms with Crippen LogP contribution in [0.15, 0.2) is 0 Å². The Morgan fingerprint density at radius 2 is 2.00 bits per heavy atom. The SMILES string of the molecule is COCc1sc(N)c(C(=O)OC(C)(C)C)c1C. The molecule has 0 bridgehead atoms. The van der Waals surface area contributed by atoms with Gasteiger partial charge in [-0.1, -0.05) is 0 Å². The first-order valence-corrected chi connectivity index (χ1v) is 6.18. The Kier molecular flexibility index (Phi) is 4.16. The van der Waals surface area contributed by atoms with E-state index in [4.69, 9.17) is 15.2 Å². The molecule has 0 atom stereocenters. The molecule has 0 aromatic carbocycles. The van der Waals surface area contributed by atoms with Crippen molar-refractivity contribution in [1.82, 2.24) is 0 Å². The van der Waals surface area contributed by atoms with Crippen LogP contribution in [0.25, 0.3) is 0 Å². The average molecular weight is 257 g/mol. The van der Waals surface area contributed by atoms with Gasteiger partial charge >= 0.3 is 5.97 Å². The summed E-state index contributed by atoms with van der Waals surface area (Å²) in [6.07, 6.45) is 0. The minimum atomic E-state index is -0.515. The van der Waals surface area contributed by atoms with E-state index in [1.807, 2.05) is 27.7 Å². The molecule has 0 aliphatic carbocycles. The molecule has 0 saturated carbocycles. The molecular formula is C12H19NO3S. The van der Waals surface area contributed by atoms with Gasteiger partial charge in [0.1, 0.15) is 10.6 Å². The summed E-state index contributed by atoms with van der Waals surface area (Å²) in [5, 5.41) is 0.490. The van der Waals surface area contributed by atoms with Crippen molar-refractivity contribution in [2.45, 2.75) is 39.9 Å². The van der Waals surface area contributed by atoms with Gasteiger partial charge in [0, 0.05) is 12.0 Å². The second kappa shape index (κ2) is 5.06. The minimum Gasteiger partial charge on any atom is -0.456 e. The van der Waals surface area contributed by atoms with Crippen LogP contribution in [-0.4, -0.2) is 18.7 Å². The average Bonchev–Trinajstić information content (AvgIpc) is 2.39. The first-order chi connectivity index (χ1) is 7.76. The number of thiophene rings is 1. The Balaban J connectivity index is 3.02. The van der Waals surface area contributed by atoms with Gasteiger partial charge in [0.2, 0.25) is 0 Å². The van der Waals surface area contributed by atoms with Crippen LogP contribution in [0.4, 0.5) is 5.00 Å². The van der Waals surface area contributed by atoms with Crippen molar-refractivity contribution in [3.05, 3.63) is 16.0 Å². The Bertz CT molecular complexity index is 418. The van der Waals surface area contributed by atoms with E-state index in [1.165, 1.54) is 11.3 Å². The fourth-order valence-electron chi connectivity index (χ4n) is 1.44. The molecule has 0 aliphatic rings. The van der Waals surface area contributed by atoms with Gasteiger partial charge in [-0.15, -0.1) is 11.3 Å². The Morgan fingerprint density at radius 1 is 1.41 bits per heavy atom. The van der Waals surface area contributed by atoms with Gasteiger partial charge in [-0.25, -0.2) is 4.79 Å². The summed E-state index contributed by atoms with van der Waals surface area (Å²) in [4.78, 5) is 12.9. The normalized spacial score (nSPS) is 11.6. The van der Waals surface area contributed by atoms with Gasteiger partial charge in [-0.3, -0.25) is 0 Å². The lowest BCUT2D eigenvalue weighted by Gasteiger charge is -2.19. The summed E-state index contributed by atoms with van der Waals surface area (Å²) in [6, 6.07) is 0. The maximum absolute atomic E-state index is 12.0. The lowest BCUT2D eigenvalue weighted by molar-refractivity contribution is 0.00704. The van der Waals surface area contributed by atoms with Crippen molar-refractivity contribution in [2.24, 2.45) is 0 Å². The van der Waals surface area contributed by atoms with Crippen molar-refractivity contribution >= 4 is 22.3 Å². The highest BCUT2D eigenvalue weighted by Crippen LogP contribution is 2.32. The summed E-state index contributed by atoms with van der Waals surface area (Å²) >= 11 is 1.37. The molecule has 1 aromatic heterocycles. The van der Waals surface area contributed by atoms with Crippen LogP contribution < -0.4 is 5.73 Å². The molecular weight excluding hydrogens is 238 g/mol. The molecule has 4 nitrogen and oxygen atoms in total. The van der Waals surface area contributed by atoms with E-state index in [1.54, 1.807) is 7.11 Å². The molecule has 1 aromatic rings. The van der Waals surface area contributed by atoms with Crippen LogP contribution in [0.1, 0.15) is 41.6 Å². The fraction of sp³-hybridized carbons (Fsp3) is 0.583. The van der Waals surface area contributed by atoms with Crippen molar-refractivity contribution in [3.8, 4) is 0 Å². The second-order valence-corrected chi connectivity index (χ2v) is 5.96. The third-order valence-electron chi connectivity index (χ3n) is 2.15. The van der Waals surface area contributed by atoms with Crippen LogP contribution in [0.2, 0.25) is 0 Å². The van der Waals surface area contributed by atoms with Crippen LogP contribution in [0.5, 0.6) is 0 Å². The van der Waals surface area contributed by atoms with Crippen LogP contribution in [-0.2, 0) is 16.1 Å². The number of rotatable bonds is 3. The largest absolute Gasteiger partial charge is 0.456 e. The van der Waals surface area contributed by atoms with Crippen molar-refractivity contribution in [3.63, 3.8) is 0 Å². The molecule has 0 fully saturated rings. The number of hydrogen-bond donors (Lipinski definition) is 1. The number of esters is 1. The summed E-state index contributed by atoms with van der Waals surface area (Å²) in [5.41, 5.74) is 6.66. The van der Waals surface area contributed by atoms with E-state index in [9.17, 15) is 4.79 Å². The predicted octanol–water partition coefficient (Wildman–Crippen LogP) is 2.74. The van der Waals surface area contributed by atoms with Gasteiger partial charge in [0.05, 0.1) is 12.2 Å². The highest BCUT2D eigenvalue weighted by molar-refractivity contribution is 7.16. The molecule has 0 unspecified atom stereocenters. The Morgan fingerprint density at radius 3 is 2.47 bits per heavy atom. The lowest BCUT2D eigenvalue weighted by Crippen LogP contribution is -2.24. The van der Waals surface area contributed by atoms with Crippen molar-refractivity contribution in [2.75, 3.05) is 12.8 Å². The van der Waals surface area contributed by atoms with E-state index in [0.717, 1.165) is 10.4 Å². The summed E-state index contributed by atoms with van der Waals surface area (Å²) in [6.45, 7) is 7.82. The number of nitrogens with two attached hydrogens (primary N) is 1. The number of carbonyl (C=O) groups is 1. The zero-order chi connectivity index (χ0) is 13.2. The molecule has 0 radical (unpaired) electrons. The molecule has 0 aliphatic heterocycles. The van der Waals surface area contributed by atoms with Gasteiger partial charge in [0.15, 0.2) is 0 Å². The third-order valence-corrected chi connectivity index (χ3v) is 3.25. The van der Waals surface area contributed by atoms with Gasteiger partial charge in [-0.05, 0) is 33.3 Å². The number of methoxy groups -OCH3 is 1. The van der Waals surface area contributed by atoms with Gasteiger partial charge in [-0.2, -0.15) is 0 Å². The number of carbonyl (C=O) groups excluding carboxylic acids is 1. The van der Waals surface area contributed by atoms with Gasteiger partial charge < -0.3 is 15.2 Å². The third kappa shape index (κ3) is 3.44. The van der Waals surface area contributed by atoms with E-state index in [0.29, 0.717) is 17.2 Å². The summed E-state index contributed by atoms with van der Waals surface area (Å²) in [5.74, 6) is -0.369. The number of nitrogen functional groups attached to an aromatic ring is 1. The Labute approximate surface area is 106 Å².